The standard InChI is InChI=1S/C17H25N3O/c1-12(2)16-7-6-15-13(11-20(3)17(15)19-16)9-18-10-14-5-4-8-21-14/h6-7,11-12,14,18H,4-5,8-10H2,1-3H3/t14-/m0/s1. The van der Waals surface area contributed by atoms with Gasteiger partial charge in [-0.1, -0.05) is 13.8 Å². The molecule has 0 aliphatic carbocycles. The fourth-order valence-electron chi connectivity index (χ4n) is 2.98. The first-order chi connectivity index (χ1) is 10.1. The molecule has 0 unspecified atom stereocenters. The lowest BCUT2D eigenvalue weighted by atomic mass is 10.1. The maximum atomic E-state index is 5.65. The highest BCUT2D eigenvalue weighted by Crippen LogP contribution is 2.22. The fraction of sp³-hybridized carbons (Fsp3) is 0.588. The van der Waals surface area contributed by atoms with Crippen molar-refractivity contribution < 1.29 is 4.74 Å². The van der Waals surface area contributed by atoms with Gasteiger partial charge in [-0.2, -0.15) is 0 Å². The van der Waals surface area contributed by atoms with Gasteiger partial charge in [0.15, 0.2) is 0 Å². The Morgan fingerprint density at radius 2 is 2.29 bits per heavy atom. The second-order valence-corrected chi connectivity index (χ2v) is 6.29. The number of aromatic nitrogens is 2. The van der Waals surface area contributed by atoms with E-state index in [1.54, 1.807) is 0 Å². The number of fused-ring (bicyclic) bond motifs is 1. The summed E-state index contributed by atoms with van der Waals surface area (Å²) in [5.74, 6) is 0.463. The van der Waals surface area contributed by atoms with Gasteiger partial charge in [0.25, 0.3) is 0 Å². The van der Waals surface area contributed by atoms with Crippen LogP contribution in [0.15, 0.2) is 18.3 Å². The summed E-state index contributed by atoms with van der Waals surface area (Å²) < 4.78 is 7.77. The van der Waals surface area contributed by atoms with Gasteiger partial charge in [-0.25, -0.2) is 4.98 Å². The molecule has 1 fully saturated rings. The molecule has 3 heterocycles. The zero-order valence-corrected chi connectivity index (χ0v) is 13.2. The normalized spacial score (nSPS) is 19.0. The number of nitrogens with zero attached hydrogens (tertiary/aromatic N) is 2. The van der Waals surface area contributed by atoms with Gasteiger partial charge < -0.3 is 14.6 Å². The SMILES string of the molecule is CC(C)c1ccc2c(CNC[C@@H]3CCCO3)cn(C)c2n1. The van der Waals surface area contributed by atoms with E-state index in [0.717, 1.165) is 31.0 Å². The summed E-state index contributed by atoms with van der Waals surface area (Å²) in [4.78, 5) is 4.79. The number of pyridine rings is 1. The van der Waals surface area contributed by atoms with Crippen LogP contribution in [0.3, 0.4) is 0 Å². The second kappa shape index (κ2) is 6.16. The summed E-state index contributed by atoms with van der Waals surface area (Å²) in [6, 6.07) is 4.36. The average molecular weight is 287 g/mol. The molecule has 1 aliphatic rings. The predicted octanol–water partition coefficient (Wildman–Crippen LogP) is 2.97. The minimum Gasteiger partial charge on any atom is -0.377 e. The molecule has 2 aromatic rings. The van der Waals surface area contributed by atoms with Crippen LogP contribution in [0.5, 0.6) is 0 Å². The summed E-state index contributed by atoms with van der Waals surface area (Å²) in [6.45, 7) is 7.10. The molecule has 0 bridgehead atoms. The number of hydrogen-bond donors (Lipinski definition) is 1. The molecule has 4 heteroatoms. The predicted molar refractivity (Wildman–Crippen MR) is 85.5 cm³/mol. The van der Waals surface area contributed by atoms with Crippen molar-refractivity contribution in [1.82, 2.24) is 14.9 Å². The maximum absolute atomic E-state index is 5.65. The highest BCUT2D eigenvalue weighted by Gasteiger charge is 2.15. The molecule has 0 saturated carbocycles. The second-order valence-electron chi connectivity index (χ2n) is 6.29. The van der Waals surface area contributed by atoms with E-state index in [1.807, 2.05) is 0 Å². The number of ether oxygens (including phenoxy) is 1. The third-order valence-electron chi connectivity index (χ3n) is 4.23. The van der Waals surface area contributed by atoms with E-state index in [0.29, 0.717) is 12.0 Å². The molecule has 2 aromatic heterocycles. The lowest BCUT2D eigenvalue weighted by Crippen LogP contribution is -2.25. The molecule has 0 radical (unpaired) electrons. The summed E-state index contributed by atoms with van der Waals surface area (Å²) in [5, 5.41) is 4.77. The van der Waals surface area contributed by atoms with Crippen LogP contribution in [0.2, 0.25) is 0 Å². The molecule has 0 amide bonds. The number of aryl methyl sites for hydroxylation is 1. The Hall–Kier alpha value is -1.39. The Balaban J connectivity index is 1.73. The Kier molecular flexibility index (Phi) is 4.27. The fourth-order valence-corrected chi connectivity index (χ4v) is 2.98. The topological polar surface area (TPSA) is 39.1 Å². The number of nitrogens with one attached hydrogen (secondary N) is 1. The Labute approximate surface area is 126 Å². The first-order valence-electron chi connectivity index (χ1n) is 7.92. The van der Waals surface area contributed by atoms with E-state index in [2.05, 4.69) is 49.1 Å². The molecule has 1 N–H and O–H groups in total. The van der Waals surface area contributed by atoms with Crippen molar-refractivity contribution in [3.63, 3.8) is 0 Å². The van der Waals surface area contributed by atoms with Crippen molar-refractivity contribution in [3.05, 3.63) is 29.6 Å². The maximum Gasteiger partial charge on any atom is 0.140 e. The minimum absolute atomic E-state index is 0.394. The first-order valence-corrected chi connectivity index (χ1v) is 7.92. The Morgan fingerprint density at radius 3 is 3.00 bits per heavy atom. The van der Waals surface area contributed by atoms with Gasteiger partial charge >= 0.3 is 0 Å². The highest BCUT2D eigenvalue weighted by molar-refractivity contribution is 5.80. The van der Waals surface area contributed by atoms with Gasteiger partial charge in [-0.15, -0.1) is 0 Å². The van der Waals surface area contributed by atoms with Crippen LogP contribution < -0.4 is 5.32 Å². The molecule has 4 nitrogen and oxygen atoms in total. The van der Waals surface area contributed by atoms with E-state index in [-0.39, 0.29) is 0 Å². The Morgan fingerprint density at radius 1 is 1.43 bits per heavy atom. The largest absolute Gasteiger partial charge is 0.377 e. The van der Waals surface area contributed by atoms with E-state index in [1.165, 1.54) is 23.8 Å². The molecule has 114 valence electrons. The first kappa shape index (κ1) is 14.5. The molecular weight excluding hydrogens is 262 g/mol. The monoisotopic (exact) mass is 287 g/mol. The van der Waals surface area contributed by atoms with Gasteiger partial charge in [-0.3, -0.25) is 0 Å². The molecule has 1 aliphatic heterocycles. The molecule has 0 aromatic carbocycles. The van der Waals surface area contributed by atoms with Crippen LogP contribution in [0.4, 0.5) is 0 Å². The van der Waals surface area contributed by atoms with Crippen LogP contribution in [-0.2, 0) is 18.3 Å². The van der Waals surface area contributed by atoms with Gasteiger partial charge in [-0.05, 0) is 36.5 Å². The van der Waals surface area contributed by atoms with Gasteiger partial charge in [0, 0.05) is 44.0 Å². The van der Waals surface area contributed by atoms with Crippen LogP contribution in [0.25, 0.3) is 11.0 Å². The zero-order valence-electron chi connectivity index (χ0n) is 13.2. The van der Waals surface area contributed by atoms with Crippen LogP contribution >= 0.6 is 0 Å². The lowest BCUT2D eigenvalue weighted by molar-refractivity contribution is 0.110. The Bertz CT molecular complexity index is 612. The quantitative estimate of drug-likeness (QED) is 0.919. The molecule has 3 rings (SSSR count). The zero-order chi connectivity index (χ0) is 14.8. The van der Waals surface area contributed by atoms with Crippen molar-refractivity contribution >= 4 is 11.0 Å². The van der Waals surface area contributed by atoms with E-state index in [9.17, 15) is 0 Å². The van der Waals surface area contributed by atoms with Crippen LogP contribution in [-0.4, -0.2) is 28.8 Å². The van der Waals surface area contributed by atoms with Crippen molar-refractivity contribution in [2.45, 2.75) is 45.3 Å². The molecule has 21 heavy (non-hydrogen) atoms. The van der Waals surface area contributed by atoms with Crippen molar-refractivity contribution in [1.29, 1.82) is 0 Å². The molecule has 0 spiro atoms. The van der Waals surface area contributed by atoms with E-state index in [4.69, 9.17) is 9.72 Å². The highest BCUT2D eigenvalue weighted by atomic mass is 16.5. The van der Waals surface area contributed by atoms with Gasteiger partial charge in [0.2, 0.25) is 0 Å². The smallest absolute Gasteiger partial charge is 0.140 e. The van der Waals surface area contributed by atoms with E-state index >= 15 is 0 Å². The minimum atomic E-state index is 0.394. The van der Waals surface area contributed by atoms with Crippen LogP contribution in [0.1, 0.15) is 43.9 Å². The average Bonchev–Trinajstić information content (AvgIpc) is 3.08. The van der Waals surface area contributed by atoms with Crippen LogP contribution in [0, 0.1) is 0 Å². The lowest BCUT2D eigenvalue weighted by Gasteiger charge is -2.10. The molecular formula is C17H25N3O. The van der Waals surface area contributed by atoms with Crippen molar-refractivity contribution in [2.75, 3.05) is 13.2 Å². The summed E-state index contributed by atoms with van der Waals surface area (Å²) in [7, 11) is 2.07. The molecule has 1 atom stereocenters. The third-order valence-corrected chi connectivity index (χ3v) is 4.23. The van der Waals surface area contributed by atoms with Crippen molar-refractivity contribution in [2.24, 2.45) is 7.05 Å². The van der Waals surface area contributed by atoms with E-state index < -0.39 is 0 Å². The van der Waals surface area contributed by atoms with Crippen molar-refractivity contribution in [3.8, 4) is 0 Å². The summed E-state index contributed by atoms with van der Waals surface area (Å²) in [5.41, 5.74) is 3.55. The van der Waals surface area contributed by atoms with Gasteiger partial charge in [0.05, 0.1) is 6.10 Å². The summed E-state index contributed by atoms with van der Waals surface area (Å²) >= 11 is 0. The third kappa shape index (κ3) is 3.11. The number of rotatable bonds is 5. The summed E-state index contributed by atoms with van der Waals surface area (Å²) in [6.07, 6.45) is 4.96. The molecule has 1 saturated heterocycles. The van der Waals surface area contributed by atoms with Gasteiger partial charge in [0.1, 0.15) is 5.65 Å². The number of hydrogen-bond acceptors (Lipinski definition) is 3.